The number of sulfonamides is 1. The molecule has 1 aromatic carbocycles. The predicted molar refractivity (Wildman–Crippen MR) is 105 cm³/mol. The Labute approximate surface area is 174 Å². The molecule has 11 heteroatoms. The van der Waals surface area contributed by atoms with Crippen LogP contribution in [-0.4, -0.2) is 24.2 Å². The summed E-state index contributed by atoms with van der Waals surface area (Å²) >= 11 is 12.1. The van der Waals surface area contributed by atoms with Crippen LogP contribution in [0.1, 0.15) is 33.1 Å². The first-order valence-corrected chi connectivity index (χ1v) is 10.6. The molecular formula is C17H20Cl2N4O4S. The largest absolute Gasteiger partial charge is 0.289 e. The fourth-order valence-electron chi connectivity index (χ4n) is 2.74. The zero-order chi connectivity index (χ0) is 21.6. The molecule has 0 aliphatic carbocycles. The average molecular weight is 447 g/mol. The number of nitro groups is 1. The smallest absolute Gasteiger partial charge is 0.258 e. The SMILES string of the molecule is CC(C)(C#N)C(CCCCNS(=O)(=O)c1ccccc1[N+](=O)[O-])C(Cl)(Cl)C#N. The first kappa shape index (κ1) is 24.1. The van der Waals surface area contributed by atoms with E-state index >= 15 is 0 Å². The predicted octanol–water partition coefficient (Wildman–Crippen LogP) is 3.91. The molecule has 0 saturated carbocycles. The molecule has 0 saturated heterocycles. The van der Waals surface area contributed by atoms with Crippen molar-refractivity contribution in [3.63, 3.8) is 0 Å². The Kier molecular flexibility index (Phi) is 8.21. The maximum atomic E-state index is 12.3. The van der Waals surface area contributed by atoms with Gasteiger partial charge in [0.2, 0.25) is 14.4 Å². The van der Waals surface area contributed by atoms with Gasteiger partial charge in [0, 0.05) is 18.5 Å². The fraction of sp³-hybridized carbons (Fsp3) is 0.529. The molecule has 0 aliphatic heterocycles. The molecule has 1 atom stereocenters. The van der Waals surface area contributed by atoms with E-state index in [-0.39, 0.29) is 6.54 Å². The third-order valence-corrected chi connectivity index (χ3v) is 6.51. The minimum Gasteiger partial charge on any atom is -0.258 e. The van der Waals surface area contributed by atoms with Crippen LogP contribution in [0, 0.1) is 44.1 Å². The summed E-state index contributed by atoms with van der Waals surface area (Å²) in [5, 5.41) is 29.5. The standard InChI is InChI=1S/C17H20Cl2N4O4S/c1-16(2,11-20)15(17(18,19)12-21)9-5-6-10-22-28(26,27)14-8-4-3-7-13(14)23(24)25/h3-4,7-8,15,22H,5-6,9-10H2,1-2H3. The number of halogens is 2. The maximum Gasteiger partial charge on any atom is 0.289 e. The van der Waals surface area contributed by atoms with E-state index in [9.17, 15) is 23.8 Å². The number of nitrogens with zero attached hydrogens (tertiary/aromatic N) is 3. The first-order valence-electron chi connectivity index (χ1n) is 8.32. The van der Waals surface area contributed by atoms with Crippen LogP contribution in [0.15, 0.2) is 29.2 Å². The molecule has 1 aromatic rings. The van der Waals surface area contributed by atoms with Crippen molar-refractivity contribution in [3.05, 3.63) is 34.4 Å². The van der Waals surface area contributed by atoms with Crippen molar-refractivity contribution in [2.75, 3.05) is 6.54 Å². The lowest BCUT2D eigenvalue weighted by molar-refractivity contribution is -0.387. The van der Waals surface area contributed by atoms with Gasteiger partial charge in [0.25, 0.3) is 5.69 Å². The van der Waals surface area contributed by atoms with E-state index < -0.39 is 41.2 Å². The Morgan fingerprint density at radius 2 is 1.82 bits per heavy atom. The fourth-order valence-corrected chi connectivity index (χ4v) is 4.75. The highest BCUT2D eigenvalue weighted by Crippen LogP contribution is 2.44. The van der Waals surface area contributed by atoms with E-state index in [0.29, 0.717) is 19.3 Å². The molecule has 152 valence electrons. The number of unbranched alkanes of at least 4 members (excludes halogenated alkanes) is 1. The molecular weight excluding hydrogens is 427 g/mol. The number of nitrogens with one attached hydrogen (secondary N) is 1. The maximum absolute atomic E-state index is 12.3. The summed E-state index contributed by atoms with van der Waals surface area (Å²) in [5.41, 5.74) is -1.46. The highest BCUT2D eigenvalue weighted by Gasteiger charge is 2.44. The molecule has 28 heavy (non-hydrogen) atoms. The van der Waals surface area contributed by atoms with Gasteiger partial charge in [-0.05, 0) is 32.8 Å². The lowest BCUT2D eigenvalue weighted by Gasteiger charge is -2.33. The van der Waals surface area contributed by atoms with Gasteiger partial charge in [0.05, 0.1) is 16.4 Å². The topological polar surface area (TPSA) is 137 Å². The molecule has 0 bridgehead atoms. The Morgan fingerprint density at radius 1 is 1.21 bits per heavy atom. The molecule has 0 radical (unpaired) electrons. The number of para-hydroxylation sites is 1. The number of rotatable bonds is 10. The second kappa shape index (κ2) is 9.53. The van der Waals surface area contributed by atoms with Gasteiger partial charge in [0.15, 0.2) is 4.90 Å². The van der Waals surface area contributed by atoms with E-state index in [2.05, 4.69) is 10.8 Å². The van der Waals surface area contributed by atoms with Crippen molar-refractivity contribution < 1.29 is 13.3 Å². The summed E-state index contributed by atoms with van der Waals surface area (Å²) in [6.45, 7) is 3.29. The van der Waals surface area contributed by atoms with Crippen molar-refractivity contribution in [2.45, 2.75) is 42.3 Å². The van der Waals surface area contributed by atoms with Crippen LogP contribution in [0.3, 0.4) is 0 Å². The minimum atomic E-state index is -4.05. The van der Waals surface area contributed by atoms with Gasteiger partial charge in [-0.3, -0.25) is 10.1 Å². The summed E-state index contributed by atoms with van der Waals surface area (Å²) in [6.07, 6.45) is 1.14. The minimum absolute atomic E-state index is 0.0260. The van der Waals surface area contributed by atoms with Crippen molar-refractivity contribution >= 4 is 38.9 Å². The van der Waals surface area contributed by atoms with Crippen LogP contribution in [0.2, 0.25) is 0 Å². The molecule has 0 aromatic heterocycles. The number of benzene rings is 1. The lowest BCUT2D eigenvalue weighted by Crippen LogP contribution is -2.36. The third-order valence-electron chi connectivity index (χ3n) is 4.31. The van der Waals surface area contributed by atoms with Gasteiger partial charge in [-0.25, -0.2) is 13.1 Å². The molecule has 0 heterocycles. The highest BCUT2D eigenvalue weighted by atomic mass is 35.5. The van der Waals surface area contributed by atoms with Crippen LogP contribution in [-0.2, 0) is 10.0 Å². The molecule has 0 amide bonds. The summed E-state index contributed by atoms with van der Waals surface area (Å²) in [7, 11) is -4.05. The van der Waals surface area contributed by atoms with E-state index in [0.717, 1.165) is 12.1 Å². The van der Waals surface area contributed by atoms with Crippen LogP contribution in [0.4, 0.5) is 5.69 Å². The van der Waals surface area contributed by atoms with Crippen LogP contribution < -0.4 is 4.72 Å². The zero-order valence-electron chi connectivity index (χ0n) is 15.4. The summed E-state index contributed by atoms with van der Waals surface area (Å²) in [6, 6.07) is 8.94. The second-order valence-corrected chi connectivity index (χ2v) is 9.86. The van der Waals surface area contributed by atoms with Crippen molar-refractivity contribution in [1.82, 2.24) is 4.72 Å². The number of hydrogen-bond donors (Lipinski definition) is 1. The lowest BCUT2D eigenvalue weighted by atomic mass is 9.75. The zero-order valence-corrected chi connectivity index (χ0v) is 17.7. The van der Waals surface area contributed by atoms with Crippen LogP contribution >= 0.6 is 23.2 Å². The first-order chi connectivity index (χ1) is 12.9. The summed E-state index contributed by atoms with van der Waals surface area (Å²) in [4.78, 5) is 9.83. The van der Waals surface area contributed by atoms with E-state index in [1.165, 1.54) is 12.1 Å². The van der Waals surface area contributed by atoms with Crippen molar-refractivity contribution in [1.29, 1.82) is 10.5 Å². The number of alkyl halides is 2. The molecule has 1 rings (SSSR count). The molecule has 0 spiro atoms. The van der Waals surface area contributed by atoms with Crippen LogP contribution in [0.25, 0.3) is 0 Å². The van der Waals surface area contributed by atoms with E-state index in [1.54, 1.807) is 19.9 Å². The van der Waals surface area contributed by atoms with Gasteiger partial charge in [-0.2, -0.15) is 10.5 Å². The van der Waals surface area contributed by atoms with Crippen molar-refractivity contribution in [2.24, 2.45) is 11.3 Å². The average Bonchev–Trinajstić information content (AvgIpc) is 2.64. The second-order valence-electron chi connectivity index (χ2n) is 6.74. The van der Waals surface area contributed by atoms with Gasteiger partial charge >= 0.3 is 0 Å². The Balaban J connectivity index is 2.74. The molecule has 1 unspecified atom stereocenters. The van der Waals surface area contributed by atoms with E-state index in [4.69, 9.17) is 28.5 Å². The summed E-state index contributed by atoms with van der Waals surface area (Å²) in [5.74, 6) is -0.648. The molecule has 1 N–H and O–H groups in total. The highest BCUT2D eigenvalue weighted by molar-refractivity contribution is 7.89. The normalized spacial score (nSPS) is 13.4. The number of nitro benzene ring substituents is 1. The van der Waals surface area contributed by atoms with Crippen molar-refractivity contribution in [3.8, 4) is 12.1 Å². The molecule has 8 nitrogen and oxygen atoms in total. The molecule has 0 fully saturated rings. The summed E-state index contributed by atoms with van der Waals surface area (Å²) < 4.78 is 25.2. The van der Waals surface area contributed by atoms with Gasteiger partial charge in [0.1, 0.15) is 6.07 Å². The van der Waals surface area contributed by atoms with E-state index in [1.807, 2.05) is 0 Å². The Bertz CT molecular complexity index is 878. The monoisotopic (exact) mass is 446 g/mol. The van der Waals surface area contributed by atoms with Gasteiger partial charge < -0.3 is 0 Å². The quantitative estimate of drug-likeness (QED) is 0.250. The Hall–Kier alpha value is -1.91. The number of hydrogen-bond acceptors (Lipinski definition) is 6. The van der Waals surface area contributed by atoms with Crippen LogP contribution in [0.5, 0.6) is 0 Å². The van der Waals surface area contributed by atoms with Gasteiger partial charge in [-0.15, -0.1) is 0 Å². The molecule has 0 aliphatic rings. The number of nitriles is 2. The third kappa shape index (κ3) is 6.05. The Morgan fingerprint density at radius 3 is 2.36 bits per heavy atom. The van der Waals surface area contributed by atoms with Gasteiger partial charge in [-0.1, -0.05) is 41.8 Å².